The SMILES string of the molecule is O=P(O)(O)OB(O)O.[KH].[KH]. The fourth-order valence-corrected chi connectivity index (χ4v) is 0.368. The Morgan fingerprint density at radius 3 is 1.50 bits per heavy atom. The maximum atomic E-state index is 9.59. The van der Waals surface area contributed by atoms with Crippen LogP contribution in [-0.4, -0.2) is 130 Å². The number of hydrogen-bond donors (Lipinski definition) is 4. The molecular formula is H6BK2O6P. The molecule has 0 aromatic heterocycles. The zero-order valence-electron chi connectivity index (χ0n) is 3.63. The second-order valence-corrected chi connectivity index (χ2v) is 2.11. The van der Waals surface area contributed by atoms with Crippen LogP contribution in [0.3, 0.4) is 0 Å². The summed E-state index contributed by atoms with van der Waals surface area (Å²) in [6, 6.07) is 0. The molecule has 10 heteroatoms. The fraction of sp³-hybridized carbons (Fsp3) is 0. The van der Waals surface area contributed by atoms with Gasteiger partial charge in [0.1, 0.15) is 0 Å². The second kappa shape index (κ2) is 8.94. The molecule has 0 aliphatic heterocycles. The molecule has 4 N–H and O–H groups in total. The van der Waals surface area contributed by atoms with Crippen molar-refractivity contribution in [2.45, 2.75) is 0 Å². The molecule has 0 heterocycles. The summed E-state index contributed by atoms with van der Waals surface area (Å²) in [5, 5.41) is 15.5. The average Bonchev–Trinajstić information content (AvgIpc) is 1.21. The van der Waals surface area contributed by atoms with Crippen molar-refractivity contribution in [2.24, 2.45) is 0 Å². The summed E-state index contributed by atoms with van der Waals surface area (Å²) >= 11 is 0. The van der Waals surface area contributed by atoms with E-state index in [2.05, 4.69) is 4.44 Å². The first-order valence-corrected chi connectivity index (χ1v) is 3.05. The Hall–Kier alpha value is 3.37. The topological polar surface area (TPSA) is 107 Å². The van der Waals surface area contributed by atoms with E-state index in [1.807, 2.05) is 0 Å². The van der Waals surface area contributed by atoms with E-state index < -0.39 is 15.1 Å². The van der Waals surface area contributed by atoms with Crippen LogP contribution in [0.4, 0.5) is 0 Å². The van der Waals surface area contributed by atoms with Gasteiger partial charge >= 0.3 is 118 Å². The maximum absolute atomic E-state index is 9.59. The van der Waals surface area contributed by atoms with Gasteiger partial charge in [-0.05, 0) is 0 Å². The van der Waals surface area contributed by atoms with Crippen LogP contribution in [0.15, 0.2) is 0 Å². The first-order chi connectivity index (χ1) is 3.42. The summed E-state index contributed by atoms with van der Waals surface area (Å²) in [5.41, 5.74) is 0. The minimum atomic E-state index is -4.72. The Labute approximate surface area is 143 Å². The molecule has 0 unspecified atom stereocenters. The van der Waals surface area contributed by atoms with Crippen LogP contribution in [0.1, 0.15) is 0 Å². The zero-order chi connectivity index (χ0) is 6.78. The van der Waals surface area contributed by atoms with Gasteiger partial charge in [0, 0.05) is 0 Å². The van der Waals surface area contributed by atoms with Gasteiger partial charge in [0.25, 0.3) is 0 Å². The molecule has 0 aromatic carbocycles. The van der Waals surface area contributed by atoms with Crippen LogP contribution in [0.5, 0.6) is 0 Å². The molecule has 0 rings (SSSR count). The summed E-state index contributed by atoms with van der Waals surface area (Å²) in [6.07, 6.45) is 0. The monoisotopic (exact) mass is 222 g/mol. The molecule has 0 aliphatic carbocycles. The van der Waals surface area contributed by atoms with Gasteiger partial charge in [-0.15, -0.1) is 0 Å². The van der Waals surface area contributed by atoms with Crippen molar-refractivity contribution in [1.82, 2.24) is 0 Å². The molecule has 10 heavy (non-hydrogen) atoms. The number of rotatable bonds is 2. The molecule has 0 spiro atoms. The molecule has 0 aromatic rings. The summed E-state index contributed by atoms with van der Waals surface area (Å²) in [6.45, 7) is 0. The average molecular weight is 222 g/mol. The van der Waals surface area contributed by atoms with Crippen LogP contribution in [0, 0.1) is 0 Å². The normalized spacial score (nSPS) is 9.20. The molecule has 0 amide bonds. The summed E-state index contributed by atoms with van der Waals surface area (Å²) in [5.74, 6) is 0. The fourth-order valence-electron chi connectivity index (χ4n) is 0.123. The van der Waals surface area contributed by atoms with Crippen molar-refractivity contribution in [3.8, 4) is 0 Å². The van der Waals surface area contributed by atoms with E-state index in [9.17, 15) is 4.57 Å². The third-order valence-electron chi connectivity index (χ3n) is 0.232. The van der Waals surface area contributed by atoms with E-state index in [0.717, 1.165) is 0 Å². The van der Waals surface area contributed by atoms with Gasteiger partial charge in [-0.1, -0.05) is 0 Å². The molecule has 0 bridgehead atoms. The Bertz CT molecular complexity index is 108. The molecule has 0 aliphatic rings. The summed E-state index contributed by atoms with van der Waals surface area (Å²) in [7, 11) is -7.14. The Kier molecular flexibility index (Phi) is 17.0. The second-order valence-electron chi connectivity index (χ2n) is 0.922. The Balaban J connectivity index is -0.000000245. The number of phosphoric acid groups is 1. The third-order valence-corrected chi connectivity index (χ3v) is 0.695. The van der Waals surface area contributed by atoms with Gasteiger partial charge < -0.3 is 19.8 Å². The van der Waals surface area contributed by atoms with E-state index >= 15 is 0 Å². The van der Waals surface area contributed by atoms with Crippen molar-refractivity contribution < 1.29 is 28.8 Å². The van der Waals surface area contributed by atoms with Crippen molar-refractivity contribution in [1.29, 1.82) is 0 Å². The molecule has 52 valence electrons. The molecule has 0 radical (unpaired) electrons. The molecule has 0 atom stereocenters. The van der Waals surface area contributed by atoms with Crippen molar-refractivity contribution in [3.63, 3.8) is 0 Å². The van der Waals surface area contributed by atoms with Gasteiger partial charge in [-0.2, -0.15) is 0 Å². The predicted molar refractivity (Wildman–Crippen MR) is 37.6 cm³/mol. The zero-order valence-corrected chi connectivity index (χ0v) is 4.52. The van der Waals surface area contributed by atoms with Crippen LogP contribution < -0.4 is 0 Å². The first-order valence-electron chi connectivity index (χ1n) is 1.52. The number of hydrogen-bond acceptors (Lipinski definition) is 4. The molecular weight excluding hydrogens is 216 g/mol. The van der Waals surface area contributed by atoms with E-state index in [4.69, 9.17) is 19.8 Å². The Morgan fingerprint density at radius 1 is 1.20 bits per heavy atom. The van der Waals surface area contributed by atoms with Crippen molar-refractivity contribution in [3.05, 3.63) is 0 Å². The predicted octanol–water partition coefficient (Wildman–Crippen LogP) is -3.23. The Morgan fingerprint density at radius 2 is 1.50 bits per heavy atom. The van der Waals surface area contributed by atoms with Crippen LogP contribution in [-0.2, 0) is 9.01 Å². The summed E-state index contributed by atoms with van der Waals surface area (Å²) < 4.78 is 12.8. The van der Waals surface area contributed by atoms with E-state index in [0.29, 0.717) is 0 Å². The van der Waals surface area contributed by atoms with Crippen molar-refractivity contribution in [2.75, 3.05) is 0 Å². The van der Waals surface area contributed by atoms with Gasteiger partial charge in [0.15, 0.2) is 0 Å². The summed E-state index contributed by atoms with van der Waals surface area (Å²) in [4.78, 5) is 15.5. The minimum absolute atomic E-state index is 0. The molecule has 0 fully saturated rings. The quantitative estimate of drug-likeness (QED) is 0.289. The van der Waals surface area contributed by atoms with E-state index in [-0.39, 0.29) is 103 Å². The van der Waals surface area contributed by atoms with Crippen LogP contribution in [0.25, 0.3) is 0 Å². The van der Waals surface area contributed by atoms with E-state index in [1.165, 1.54) is 0 Å². The van der Waals surface area contributed by atoms with Crippen molar-refractivity contribution >= 4 is 118 Å². The third kappa shape index (κ3) is 17.5. The molecule has 6 nitrogen and oxygen atoms in total. The van der Waals surface area contributed by atoms with E-state index in [1.54, 1.807) is 0 Å². The van der Waals surface area contributed by atoms with Crippen LogP contribution >= 0.6 is 7.82 Å². The van der Waals surface area contributed by atoms with Gasteiger partial charge in [0.2, 0.25) is 0 Å². The first kappa shape index (κ1) is 19.0. The molecule has 0 saturated carbocycles. The van der Waals surface area contributed by atoms with Gasteiger partial charge in [-0.25, -0.2) is 4.57 Å². The molecule has 0 saturated heterocycles. The standard InChI is InChI=1S/BH4O6P.2K.2H/c2-1(3)7-8(4,5)6;;;;/h2-3H,(H2,4,5,6);;;;. The van der Waals surface area contributed by atoms with Gasteiger partial charge in [0.05, 0.1) is 0 Å². The van der Waals surface area contributed by atoms with Crippen LogP contribution in [0.2, 0.25) is 0 Å². The van der Waals surface area contributed by atoms with Gasteiger partial charge in [-0.3, -0.25) is 4.44 Å².